The van der Waals surface area contributed by atoms with Gasteiger partial charge in [0.05, 0.1) is 24.9 Å². The summed E-state index contributed by atoms with van der Waals surface area (Å²) in [5.41, 5.74) is 0. The van der Waals surface area contributed by atoms with Gasteiger partial charge in [0.15, 0.2) is 5.75 Å². The van der Waals surface area contributed by atoms with Gasteiger partial charge < -0.3 is 9.64 Å². The predicted octanol–water partition coefficient (Wildman–Crippen LogP) is 2.11. The van der Waals surface area contributed by atoms with Crippen LogP contribution in [0.5, 0.6) is 5.75 Å². The zero-order valence-corrected chi connectivity index (χ0v) is 9.98. The fourth-order valence-corrected chi connectivity index (χ4v) is 2.11. The number of hydrogen-bond donors (Lipinski definition) is 0. The van der Waals surface area contributed by atoms with Crippen LogP contribution in [0.1, 0.15) is 19.3 Å². The van der Waals surface area contributed by atoms with Gasteiger partial charge >= 0.3 is 0 Å². The predicted molar refractivity (Wildman–Crippen MR) is 62.0 cm³/mol. The van der Waals surface area contributed by atoms with E-state index >= 15 is 0 Å². The molecule has 18 heavy (non-hydrogen) atoms. The summed E-state index contributed by atoms with van der Waals surface area (Å²) in [6.07, 6.45) is 5.37. The summed E-state index contributed by atoms with van der Waals surface area (Å²) in [6, 6.07) is 0. The van der Waals surface area contributed by atoms with Crippen LogP contribution in [0.4, 0.5) is 14.7 Å². The number of hydrogen-bond acceptors (Lipinski definition) is 4. The Balaban J connectivity index is 1.54. The van der Waals surface area contributed by atoms with Crippen molar-refractivity contribution in [2.75, 3.05) is 24.6 Å². The summed E-state index contributed by atoms with van der Waals surface area (Å²) < 4.78 is 30.6. The van der Waals surface area contributed by atoms with Gasteiger partial charge in [-0.1, -0.05) is 0 Å². The molecule has 0 aromatic carbocycles. The molecule has 1 aromatic rings. The lowest BCUT2D eigenvalue weighted by Crippen LogP contribution is -2.20. The maximum absolute atomic E-state index is 12.6. The Labute approximate surface area is 104 Å². The van der Waals surface area contributed by atoms with Crippen LogP contribution in [0.25, 0.3) is 0 Å². The number of alkyl halides is 2. The molecule has 3 rings (SSSR count). The van der Waals surface area contributed by atoms with Crippen molar-refractivity contribution in [2.45, 2.75) is 25.2 Å². The third-order valence-electron chi connectivity index (χ3n) is 3.41. The molecule has 0 bridgehead atoms. The quantitative estimate of drug-likeness (QED) is 0.826. The molecular weight excluding hydrogens is 240 g/mol. The molecule has 0 amide bonds. The van der Waals surface area contributed by atoms with Gasteiger partial charge in [0.25, 0.3) is 5.92 Å². The molecule has 2 aliphatic rings. The van der Waals surface area contributed by atoms with E-state index in [0.29, 0.717) is 11.7 Å². The fourth-order valence-electron chi connectivity index (χ4n) is 2.11. The molecule has 0 spiro atoms. The number of aromatic nitrogens is 2. The maximum Gasteiger partial charge on any atom is 0.255 e. The lowest BCUT2D eigenvalue weighted by Gasteiger charge is -2.14. The Hall–Kier alpha value is -1.46. The Kier molecular flexibility index (Phi) is 2.80. The lowest BCUT2D eigenvalue weighted by molar-refractivity contribution is 0.0855. The van der Waals surface area contributed by atoms with Crippen molar-refractivity contribution in [1.29, 1.82) is 0 Å². The van der Waals surface area contributed by atoms with Crippen molar-refractivity contribution >= 4 is 5.95 Å². The average molecular weight is 255 g/mol. The number of halogens is 2. The lowest BCUT2D eigenvalue weighted by atomic mass is 10.4. The normalized spacial score (nSPS) is 25.2. The SMILES string of the molecule is FC1(F)CC1COc1cnc(N2CCCC2)nc1. The molecule has 2 heterocycles. The molecule has 1 atom stereocenters. The molecule has 1 saturated carbocycles. The highest BCUT2D eigenvalue weighted by Gasteiger charge is 2.57. The van der Waals surface area contributed by atoms with Gasteiger partial charge in [-0.2, -0.15) is 0 Å². The first-order valence-electron chi connectivity index (χ1n) is 6.23. The molecule has 1 aliphatic heterocycles. The number of nitrogens with zero attached hydrogens (tertiary/aromatic N) is 3. The minimum atomic E-state index is -2.53. The second-order valence-corrected chi connectivity index (χ2v) is 4.89. The third kappa shape index (κ3) is 2.37. The first kappa shape index (κ1) is 11.6. The Bertz CT molecular complexity index is 418. The van der Waals surface area contributed by atoms with E-state index in [-0.39, 0.29) is 13.0 Å². The summed E-state index contributed by atoms with van der Waals surface area (Å²) in [6.45, 7) is 2.00. The van der Waals surface area contributed by atoms with E-state index in [1.54, 1.807) is 12.4 Å². The van der Waals surface area contributed by atoms with E-state index in [2.05, 4.69) is 14.9 Å². The summed E-state index contributed by atoms with van der Waals surface area (Å²) in [7, 11) is 0. The van der Waals surface area contributed by atoms with E-state index in [0.717, 1.165) is 13.1 Å². The van der Waals surface area contributed by atoms with E-state index in [9.17, 15) is 8.78 Å². The van der Waals surface area contributed by atoms with Gasteiger partial charge in [-0.3, -0.25) is 0 Å². The summed E-state index contributed by atoms with van der Waals surface area (Å²) >= 11 is 0. The number of anilines is 1. The van der Waals surface area contributed by atoms with Gasteiger partial charge in [-0.25, -0.2) is 18.7 Å². The molecule has 1 saturated heterocycles. The standard InChI is InChI=1S/C12H15F2N3O/c13-12(14)5-9(12)8-18-10-6-15-11(16-7-10)17-3-1-2-4-17/h6-7,9H,1-5,8H2. The van der Waals surface area contributed by atoms with Crippen LogP contribution in [0.15, 0.2) is 12.4 Å². The van der Waals surface area contributed by atoms with Gasteiger partial charge in [0, 0.05) is 19.5 Å². The largest absolute Gasteiger partial charge is 0.490 e. The van der Waals surface area contributed by atoms with Crippen molar-refractivity contribution < 1.29 is 13.5 Å². The van der Waals surface area contributed by atoms with Crippen LogP contribution < -0.4 is 9.64 Å². The molecule has 98 valence electrons. The molecular formula is C12H15F2N3O. The van der Waals surface area contributed by atoms with Crippen molar-refractivity contribution in [2.24, 2.45) is 5.92 Å². The first-order valence-corrected chi connectivity index (χ1v) is 6.23. The van der Waals surface area contributed by atoms with Crippen LogP contribution in [0, 0.1) is 5.92 Å². The average Bonchev–Trinajstić information content (AvgIpc) is 2.82. The molecule has 1 unspecified atom stereocenters. The van der Waals surface area contributed by atoms with Gasteiger partial charge in [0.2, 0.25) is 5.95 Å². The molecule has 1 aromatic heterocycles. The number of rotatable bonds is 4. The summed E-state index contributed by atoms with van der Waals surface area (Å²) in [4.78, 5) is 10.5. The molecule has 2 fully saturated rings. The van der Waals surface area contributed by atoms with Crippen LogP contribution in [0.3, 0.4) is 0 Å². The summed E-state index contributed by atoms with van der Waals surface area (Å²) in [5.74, 6) is -2.02. The van der Waals surface area contributed by atoms with Gasteiger partial charge in [0.1, 0.15) is 0 Å². The molecule has 6 heteroatoms. The fraction of sp³-hybridized carbons (Fsp3) is 0.667. The van der Waals surface area contributed by atoms with Crippen molar-refractivity contribution in [1.82, 2.24) is 9.97 Å². The molecule has 4 nitrogen and oxygen atoms in total. The highest BCUT2D eigenvalue weighted by Crippen LogP contribution is 2.48. The monoisotopic (exact) mass is 255 g/mol. The van der Waals surface area contributed by atoms with Gasteiger partial charge in [-0.05, 0) is 12.8 Å². The zero-order valence-electron chi connectivity index (χ0n) is 9.98. The minimum absolute atomic E-state index is 0.0411. The zero-order chi connectivity index (χ0) is 12.6. The molecule has 0 radical (unpaired) electrons. The highest BCUT2D eigenvalue weighted by molar-refractivity contribution is 5.32. The van der Waals surface area contributed by atoms with E-state index in [1.807, 2.05) is 0 Å². The maximum atomic E-state index is 12.6. The van der Waals surface area contributed by atoms with Crippen molar-refractivity contribution in [3.05, 3.63) is 12.4 Å². The van der Waals surface area contributed by atoms with Crippen LogP contribution >= 0.6 is 0 Å². The Morgan fingerprint density at radius 2 is 1.89 bits per heavy atom. The van der Waals surface area contributed by atoms with Crippen molar-refractivity contribution in [3.63, 3.8) is 0 Å². The van der Waals surface area contributed by atoms with Gasteiger partial charge in [-0.15, -0.1) is 0 Å². The van der Waals surface area contributed by atoms with Crippen LogP contribution in [0.2, 0.25) is 0 Å². The van der Waals surface area contributed by atoms with E-state index in [1.165, 1.54) is 12.8 Å². The first-order chi connectivity index (χ1) is 8.65. The number of ether oxygens (including phenoxy) is 1. The van der Waals surface area contributed by atoms with E-state index in [4.69, 9.17) is 4.74 Å². The highest BCUT2D eigenvalue weighted by atomic mass is 19.3. The van der Waals surface area contributed by atoms with Crippen molar-refractivity contribution in [3.8, 4) is 5.75 Å². The smallest absolute Gasteiger partial charge is 0.255 e. The third-order valence-corrected chi connectivity index (χ3v) is 3.41. The van der Waals surface area contributed by atoms with E-state index < -0.39 is 11.8 Å². The van der Waals surface area contributed by atoms with Crippen LogP contribution in [-0.2, 0) is 0 Å². The topological polar surface area (TPSA) is 38.2 Å². The summed E-state index contributed by atoms with van der Waals surface area (Å²) in [5, 5.41) is 0. The molecule has 0 N–H and O–H groups in total. The minimum Gasteiger partial charge on any atom is -0.490 e. The van der Waals surface area contributed by atoms with Crippen LogP contribution in [-0.4, -0.2) is 35.6 Å². The molecule has 1 aliphatic carbocycles. The second-order valence-electron chi connectivity index (χ2n) is 4.89. The Morgan fingerprint density at radius 1 is 1.28 bits per heavy atom. The second kappa shape index (κ2) is 4.33. The Morgan fingerprint density at radius 3 is 2.44 bits per heavy atom.